The van der Waals surface area contributed by atoms with Gasteiger partial charge >= 0.3 is 0 Å². The van der Waals surface area contributed by atoms with Crippen molar-refractivity contribution in [2.24, 2.45) is 5.92 Å². The summed E-state index contributed by atoms with van der Waals surface area (Å²) in [5.41, 5.74) is 0.602. The lowest BCUT2D eigenvalue weighted by atomic mass is 9.85. The average Bonchev–Trinajstić information content (AvgIpc) is 3.32. The van der Waals surface area contributed by atoms with Crippen LogP contribution in [0.15, 0.2) is 24.5 Å². The molecule has 1 saturated carbocycles. The van der Waals surface area contributed by atoms with Gasteiger partial charge in [-0.15, -0.1) is 0 Å². The van der Waals surface area contributed by atoms with Crippen LogP contribution in [0.1, 0.15) is 53.1 Å². The zero-order valence-corrected chi connectivity index (χ0v) is 21.1. The van der Waals surface area contributed by atoms with Crippen LogP contribution in [-0.2, 0) is 9.53 Å². The highest BCUT2D eigenvalue weighted by Gasteiger charge is 2.48. The summed E-state index contributed by atoms with van der Waals surface area (Å²) >= 11 is 6.00. The molecule has 3 amide bonds. The van der Waals surface area contributed by atoms with E-state index in [0.717, 1.165) is 38.7 Å². The lowest BCUT2D eigenvalue weighted by molar-refractivity contribution is -0.220. The van der Waals surface area contributed by atoms with E-state index < -0.39 is 11.7 Å². The zero-order valence-electron chi connectivity index (χ0n) is 20.3. The zero-order chi connectivity index (χ0) is 26.0. The van der Waals surface area contributed by atoms with Gasteiger partial charge in [-0.1, -0.05) is 11.6 Å². The van der Waals surface area contributed by atoms with Crippen LogP contribution in [0.3, 0.4) is 0 Å². The van der Waals surface area contributed by atoms with E-state index in [1.54, 1.807) is 0 Å². The van der Waals surface area contributed by atoms with E-state index in [4.69, 9.17) is 16.3 Å². The van der Waals surface area contributed by atoms with Gasteiger partial charge < -0.3 is 25.7 Å². The lowest BCUT2D eigenvalue weighted by Gasteiger charge is -2.55. The van der Waals surface area contributed by atoms with Gasteiger partial charge in [-0.25, -0.2) is 9.37 Å². The molecule has 4 N–H and O–H groups in total. The summed E-state index contributed by atoms with van der Waals surface area (Å²) in [6.45, 7) is 3.80. The number of imidazole rings is 1. The number of H-pyrrole nitrogens is 1. The molecule has 198 valence electrons. The number of amides is 3. The number of carbonyl (C=O) groups is 3. The molecule has 5 rings (SSSR count). The number of hydrogen-bond acceptors (Lipinski definition) is 6. The molecule has 12 heteroatoms. The van der Waals surface area contributed by atoms with Crippen LogP contribution in [0.4, 0.5) is 10.1 Å². The average molecular weight is 533 g/mol. The molecule has 0 radical (unpaired) electrons. The van der Waals surface area contributed by atoms with Gasteiger partial charge in [0.1, 0.15) is 11.5 Å². The van der Waals surface area contributed by atoms with Crippen molar-refractivity contribution in [3.8, 4) is 0 Å². The maximum Gasteiger partial charge on any atom is 0.272 e. The molecule has 1 spiro atoms. The van der Waals surface area contributed by atoms with Gasteiger partial charge in [-0.3, -0.25) is 19.3 Å². The van der Waals surface area contributed by atoms with Gasteiger partial charge in [-0.2, -0.15) is 0 Å². The highest BCUT2D eigenvalue weighted by atomic mass is 35.5. The summed E-state index contributed by atoms with van der Waals surface area (Å²) in [5, 5.41) is 8.68. The number of likely N-dealkylation sites (tertiary alicyclic amines) is 1. The number of aromatic nitrogens is 2. The fourth-order valence-corrected chi connectivity index (χ4v) is 5.42. The van der Waals surface area contributed by atoms with Crippen LogP contribution in [0.2, 0.25) is 5.02 Å². The largest absolute Gasteiger partial charge is 0.372 e. The van der Waals surface area contributed by atoms with Gasteiger partial charge in [0.2, 0.25) is 5.91 Å². The third-order valence-corrected chi connectivity index (χ3v) is 7.72. The first kappa shape index (κ1) is 25.6. The van der Waals surface area contributed by atoms with Crippen LogP contribution in [0.25, 0.3) is 0 Å². The van der Waals surface area contributed by atoms with Gasteiger partial charge in [0.15, 0.2) is 5.69 Å². The molecule has 3 heterocycles. The molecule has 1 aromatic carbocycles. The van der Waals surface area contributed by atoms with Crippen molar-refractivity contribution >= 4 is 35.0 Å². The molecule has 3 fully saturated rings. The summed E-state index contributed by atoms with van der Waals surface area (Å²) in [4.78, 5) is 47.2. The Kier molecular flexibility index (Phi) is 7.45. The molecule has 0 atom stereocenters. The minimum Gasteiger partial charge on any atom is -0.372 e. The number of hydrogen-bond donors (Lipinski definition) is 4. The summed E-state index contributed by atoms with van der Waals surface area (Å²) in [6.07, 6.45) is 4.79. The van der Waals surface area contributed by atoms with E-state index in [0.29, 0.717) is 37.9 Å². The number of aromatic amines is 1. The Hall–Kier alpha value is -3.02. The van der Waals surface area contributed by atoms with Crippen molar-refractivity contribution in [2.45, 2.75) is 43.7 Å². The Bertz CT molecular complexity index is 1170. The smallest absolute Gasteiger partial charge is 0.272 e. The second-order valence-corrected chi connectivity index (χ2v) is 10.4. The number of carbonyl (C=O) groups excluding carboxylic acids is 3. The van der Waals surface area contributed by atoms with Crippen molar-refractivity contribution in [3.63, 3.8) is 0 Å². The summed E-state index contributed by atoms with van der Waals surface area (Å²) in [7, 11) is 0. The fourth-order valence-electron chi connectivity index (χ4n) is 5.20. The minimum absolute atomic E-state index is 0.0501. The normalized spacial score (nSPS) is 22.5. The Labute approximate surface area is 218 Å². The SMILES string of the molecule is O=C(NC1CCC(C(=O)Nc2ccc(F)cc2Cl)CC1)c1nc[nH]c1C(=O)NCCN1CC2(CCO2)C1. The summed E-state index contributed by atoms with van der Waals surface area (Å²) in [6, 6.07) is 3.69. The molecule has 2 saturated heterocycles. The quantitative estimate of drug-likeness (QED) is 0.413. The number of nitrogens with one attached hydrogen (secondary N) is 4. The number of nitrogens with zero attached hydrogens (tertiary/aromatic N) is 2. The van der Waals surface area contributed by atoms with Crippen LogP contribution in [-0.4, -0.2) is 77.0 Å². The van der Waals surface area contributed by atoms with Gasteiger partial charge in [0.25, 0.3) is 11.8 Å². The topological polar surface area (TPSA) is 128 Å². The number of benzene rings is 1. The highest BCUT2D eigenvalue weighted by Crippen LogP contribution is 2.35. The van der Waals surface area contributed by atoms with Crippen LogP contribution < -0.4 is 16.0 Å². The third kappa shape index (κ3) is 5.78. The molecule has 2 aliphatic heterocycles. The van der Waals surface area contributed by atoms with E-state index >= 15 is 0 Å². The van der Waals surface area contributed by atoms with Crippen molar-refractivity contribution in [2.75, 3.05) is 38.1 Å². The Morgan fingerprint density at radius 3 is 2.62 bits per heavy atom. The van der Waals surface area contributed by atoms with E-state index in [9.17, 15) is 18.8 Å². The molecule has 1 aliphatic carbocycles. The second-order valence-electron chi connectivity index (χ2n) is 10.0. The number of ether oxygens (including phenoxy) is 1. The predicted molar refractivity (Wildman–Crippen MR) is 134 cm³/mol. The molecule has 10 nitrogen and oxygen atoms in total. The van der Waals surface area contributed by atoms with E-state index in [-0.39, 0.29) is 45.8 Å². The standard InChI is InChI=1S/C25H30ClFN6O4/c26-18-11-16(27)3-6-19(18)32-22(34)15-1-4-17(5-2-15)31-24(36)21-20(29-14-30-21)23(35)28-8-9-33-12-25(13-33)7-10-37-25/h3,6,11,14-15,17H,1-2,4-5,7-10,12-13H2,(H,28,35)(H,29,30)(H,31,36)(H,32,34). The first-order valence-electron chi connectivity index (χ1n) is 12.6. The molecular formula is C25H30ClFN6O4. The van der Waals surface area contributed by atoms with Crippen molar-refractivity contribution in [1.82, 2.24) is 25.5 Å². The van der Waals surface area contributed by atoms with Gasteiger partial charge in [0.05, 0.1) is 29.2 Å². The highest BCUT2D eigenvalue weighted by molar-refractivity contribution is 6.33. The summed E-state index contributed by atoms with van der Waals surface area (Å²) in [5.74, 6) is -1.70. The number of halogens is 2. The lowest BCUT2D eigenvalue weighted by Crippen LogP contribution is -2.68. The summed E-state index contributed by atoms with van der Waals surface area (Å²) < 4.78 is 18.8. The maximum atomic E-state index is 13.2. The molecule has 3 aliphatic rings. The van der Waals surface area contributed by atoms with E-state index in [1.165, 1.54) is 18.5 Å². The number of rotatable bonds is 8. The molecule has 0 unspecified atom stereocenters. The molecular weight excluding hydrogens is 503 g/mol. The third-order valence-electron chi connectivity index (χ3n) is 7.41. The van der Waals surface area contributed by atoms with Crippen LogP contribution in [0, 0.1) is 11.7 Å². The van der Waals surface area contributed by atoms with Gasteiger partial charge in [0, 0.05) is 44.6 Å². The maximum absolute atomic E-state index is 13.2. The Balaban J connectivity index is 1.05. The van der Waals surface area contributed by atoms with Crippen molar-refractivity contribution in [1.29, 1.82) is 0 Å². The second kappa shape index (κ2) is 10.8. The fraction of sp³-hybridized carbons (Fsp3) is 0.520. The van der Waals surface area contributed by atoms with E-state index in [1.807, 2.05) is 0 Å². The molecule has 1 aromatic heterocycles. The van der Waals surface area contributed by atoms with E-state index in [2.05, 4.69) is 30.8 Å². The monoisotopic (exact) mass is 532 g/mol. The predicted octanol–water partition coefficient (Wildman–Crippen LogP) is 2.33. The minimum atomic E-state index is -0.472. The Morgan fingerprint density at radius 2 is 1.95 bits per heavy atom. The molecule has 2 aromatic rings. The first-order valence-corrected chi connectivity index (χ1v) is 12.9. The Morgan fingerprint density at radius 1 is 1.19 bits per heavy atom. The number of anilines is 1. The van der Waals surface area contributed by atoms with Crippen LogP contribution >= 0.6 is 11.6 Å². The first-order chi connectivity index (χ1) is 17.8. The molecule has 0 bridgehead atoms. The van der Waals surface area contributed by atoms with Gasteiger partial charge in [-0.05, 0) is 43.9 Å². The van der Waals surface area contributed by atoms with Crippen LogP contribution in [0.5, 0.6) is 0 Å². The molecule has 37 heavy (non-hydrogen) atoms. The van der Waals surface area contributed by atoms with Crippen molar-refractivity contribution in [3.05, 3.63) is 46.8 Å². The van der Waals surface area contributed by atoms with Crippen molar-refractivity contribution < 1.29 is 23.5 Å².